The summed E-state index contributed by atoms with van der Waals surface area (Å²) in [5.74, 6) is -0.660. The lowest BCUT2D eigenvalue weighted by Gasteiger charge is -2.28. The van der Waals surface area contributed by atoms with Crippen LogP contribution in [0.5, 0.6) is 0 Å². The fourth-order valence-corrected chi connectivity index (χ4v) is 3.67. The maximum absolute atomic E-state index is 12.3. The van der Waals surface area contributed by atoms with Crippen molar-refractivity contribution in [3.63, 3.8) is 0 Å². The van der Waals surface area contributed by atoms with Crippen LogP contribution in [0.3, 0.4) is 0 Å². The van der Waals surface area contributed by atoms with Gasteiger partial charge in [0.2, 0.25) is 12.3 Å². The third kappa shape index (κ3) is 7.24. The molecule has 6 N–H and O–H groups in total. The number of hydrogen-bond donors (Lipinski definition) is 4. The summed E-state index contributed by atoms with van der Waals surface area (Å²) < 4.78 is 0. The molecule has 1 saturated carbocycles. The van der Waals surface area contributed by atoms with E-state index in [1.807, 2.05) is 39.9 Å². The molecular formula is C25H37N7O3. The van der Waals surface area contributed by atoms with Crippen LogP contribution in [-0.4, -0.2) is 79.2 Å². The summed E-state index contributed by atoms with van der Waals surface area (Å²) in [4.78, 5) is 41.8. The number of carbonyl (C=O) groups is 3. The molecule has 1 aromatic carbocycles. The van der Waals surface area contributed by atoms with Crippen molar-refractivity contribution in [1.82, 2.24) is 15.1 Å². The lowest BCUT2D eigenvalue weighted by Crippen LogP contribution is -2.40. The summed E-state index contributed by atoms with van der Waals surface area (Å²) >= 11 is 0. The predicted molar refractivity (Wildman–Crippen MR) is 139 cm³/mol. The topological polar surface area (TPSA) is 146 Å². The summed E-state index contributed by atoms with van der Waals surface area (Å²) in [6, 6.07) is 6.36. The minimum atomic E-state index is -0.466. The third-order valence-corrected chi connectivity index (χ3v) is 6.29. The molecule has 0 radical (unpaired) electrons. The van der Waals surface area contributed by atoms with E-state index < -0.39 is 5.91 Å². The molecule has 1 aliphatic carbocycles. The molecule has 10 heteroatoms. The van der Waals surface area contributed by atoms with Gasteiger partial charge < -0.3 is 27.0 Å². The number of nitrogens with two attached hydrogens (primary N) is 2. The number of amidine groups is 1. The van der Waals surface area contributed by atoms with Crippen molar-refractivity contribution in [2.24, 2.45) is 16.5 Å². The molecule has 1 aromatic rings. The average molecular weight is 484 g/mol. The number of benzene rings is 1. The molecule has 190 valence electrons. The Labute approximate surface area is 207 Å². The molecule has 0 unspecified atom stereocenters. The Bertz CT molecular complexity index is 1020. The third-order valence-electron chi connectivity index (χ3n) is 6.29. The molecule has 3 amide bonds. The fourth-order valence-electron chi connectivity index (χ4n) is 3.67. The lowest BCUT2D eigenvalue weighted by atomic mass is 10.0. The highest BCUT2D eigenvalue weighted by Gasteiger charge is 2.42. The lowest BCUT2D eigenvalue weighted by molar-refractivity contribution is -0.112. The van der Waals surface area contributed by atoms with Crippen molar-refractivity contribution < 1.29 is 14.4 Å². The summed E-state index contributed by atoms with van der Waals surface area (Å²) in [6.07, 6.45) is 4.23. The van der Waals surface area contributed by atoms with E-state index in [0.29, 0.717) is 29.1 Å². The monoisotopic (exact) mass is 483 g/mol. The number of aliphatic imine (C=N–C) groups is 1. The number of amides is 3. The SMILES string of the molecule is C=CC(=O)Nc1ccc(C(=O)N=C(N)C2=C(N)C(C)(C)N(C)C2)cc1.CN(C)CC1(NC=O)CC1. The zero-order chi connectivity index (χ0) is 26.4. The van der Waals surface area contributed by atoms with Gasteiger partial charge in [-0.05, 0) is 78.2 Å². The van der Waals surface area contributed by atoms with Gasteiger partial charge >= 0.3 is 0 Å². The van der Waals surface area contributed by atoms with Crippen LogP contribution in [0.2, 0.25) is 0 Å². The van der Waals surface area contributed by atoms with Gasteiger partial charge in [-0.2, -0.15) is 4.99 Å². The maximum atomic E-state index is 12.3. The Hall–Kier alpha value is -3.50. The van der Waals surface area contributed by atoms with Gasteiger partial charge in [0.15, 0.2) is 0 Å². The minimum absolute atomic E-state index is 0.129. The molecule has 0 atom stereocenters. The first-order valence-electron chi connectivity index (χ1n) is 11.3. The normalized spacial score (nSPS) is 18.4. The average Bonchev–Trinajstić information content (AvgIpc) is 3.51. The molecule has 0 bridgehead atoms. The number of nitrogens with one attached hydrogen (secondary N) is 2. The molecule has 0 aromatic heterocycles. The summed E-state index contributed by atoms with van der Waals surface area (Å²) in [6.45, 7) is 8.85. The van der Waals surface area contributed by atoms with Gasteiger partial charge in [0.05, 0.1) is 11.1 Å². The first kappa shape index (κ1) is 27.7. The molecule has 3 rings (SSSR count). The Kier molecular flexibility index (Phi) is 8.94. The van der Waals surface area contributed by atoms with Gasteiger partial charge in [-0.25, -0.2) is 0 Å². The van der Waals surface area contributed by atoms with E-state index in [1.54, 1.807) is 24.3 Å². The summed E-state index contributed by atoms with van der Waals surface area (Å²) in [5, 5.41) is 5.45. The Balaban J connectivity index is 0.000000360. The smallest absolute Gasteiger partial charge is 0.278 e. The number of hydrogen-bond acceptors (Lipinski definition) is 6. The Morgan fingerprint density at radius 1 is 1.23 bits per heavy atom. The van der Waals surface area contributed by atoms with Gasteiger partial charge in [0.25, 0.3) is 5.91 Å². The van der Waals surface area contributed by atoms with Gasteiger partial charge in [-0.15, -0.1) is 0 Å². The molecule has 35 heavy (non-hydrogen) atoms. The molecular weight excluding hydrogens is 446 g/mol. The maximum Gasteiger partial charge on any atom is 0.278 e. The molecule has 1 fully saturated rings. The van der Waals surface area contributed by atoms with Crippen molar-refractivity contribution in [2.75, 3.05) is 39.5 Å². The number of carbonyl (C=O) groups excluding carboxylic acids is 3. The van der Waals surface area contributed by atoms with Crippen LogP contribution in [0.4, 0.5) is 5.69 Å². The molecule has 1 aliphatic heterocycles. The summed E-state index contributed by atoms with van der Waals surface area (Å²) in [7, 11) is 5.98. The summed E-state index contributed by atoms with van der Waals surface area (Å²) in [5.41, 5.74) is 14.2. The molecule has 10 nitrogen and oxygen atoms in total. The van der Waals surface area contributed by atoms with Crippen LogP contribution in [0.15, 0.2) is 53.2 Å². The second-order valence-electron chi connectivity index (χ2n) is 9.66. The van der Waals surface area contributed by atoms with Crippen LogP contribution in [0, 0.1) is 0 Å². The van der Waals surface area contributed by atoms with Crippen molar-refractivity contribution in [3.8, 4) is 0 Å². The Morgan fingerprint density at radius 3 is 2.26 bits per heavy atom. The number of nitrogens with zero attached hydrogens (tertiary/aromatic N) is 3. The highest BCUT2D eigenvalue weighted by Crippen LogP contribution is 2.35. The van der Waals surface area contributed by atoms with Gasteiger partial charge in [-0.3, -0.25) is 19.3 Å². The minimum Gasteiger partial charge on any atom is -0.400 e. The first-order chi connectivity index (χ1) is 16.3. The zero-order valence-corrected chi connectivity index (χ0v) is 21.2. The van der Waals surface area contributed by atoms with E-state index >= 15 is 0 Å². The quantitative estimate of drug-likeness (QED) is 0.187. The van der Waals surface area contributed by atoms with Crippen molar-refractivity contribution in [3.05, 3.63) is 53.8 Å². The molecule has 2 aliphatic rings. The van der Waals surface area contributed by atoms with Crippen molar-refractivity contribution in [2.45, 2.75) is 37.8 Å². The number of rotatable bonds is 8. The van der Waals surface area contributed by atoms with Crippen LogP contribution in [0.1, 0.15) is 37.0 Å². The standard InChI is InChI=1S/C18H23N5O2.C7H14N2O/c1-5-14(24)21-12-8-6-11(7-9-12)17(25)22-16(20)13-10-23(4)18(2,3)15(13)19;1-9(2)5-7(3-4-7)8-6-10/h5-9H,1,10,19H2,2-4H3,(H,21,24)(H2,20,22,25);6H,3-5H2,1-2H3,(H,8,10). The van der Waals surface area contributed by atoms with Crippen LogP contribution < -0.4 is 22.1 Å². The predicted octanol–water partition coefficient (Wildman–Crippen LogP) is 1.07. The Morgan fingerprint density at radius 2 is 1.83 bits per heavy atom. The highest BCUT2D eigenvalue weighted by molar-refractivity contribution is 6.09. The second kappa shape index (κ2) is 11.3. The van der Waals surface area contributed by atoms with Gasteiger partial charge in [-0.1, -0.05) is 6.58 Å². The van der Waals surface area contributed by atoms with Crippen LogP contribution in [-0.2, 0) is 9.59 Å². The van der Waals surface area contributed by atoms with E-state index in [0.717, 1.165) is 25.8 Å². The zero-order valence-electron chi connectivity index (χ0n) is 21.2. The van der Waals surface area contributed by atoms with E-state index in [-0.39, 0.29) is 22.8 Å². The fraction of sp³-hybridized carbons (Fsp3) is 0.440. The second-order valence-corrected chi connectivity index (χ2v) is 9.66. The largest absolute Gasteiger partial charge is 0.400 e. The first-order valence-corrected chi connectivity index (χ1v) is 11.3. The van der Waals surface area contributed by atoms with Gasteiger partial charge in [0, 0.05) is 35.6 Å². The van der Waals surface area contributed by atoms with Crippen molar-refractivity contribution >= 4 is 29.7 Å². The van der Waals surface area contributed by atoms with Crippen LogP contribution >= 0.6 is 0 Å². The van der Waals surface area contributed by atoms with Crippen molar-refractivity contribution in [1.29, 1.82) is 0 Å². The van der Waals surface area contributed by atoms with E-state index in [1.165, 1.54) is 6.08 Å². The number of likely N-dealkylation sites (N-methyl/N-ethyl adjacent to an activating group) is 2. The van der Waals surface area contributed by atoms with Crippen LogP contribution in [0.25, 0.3) is 0 Å². The molecule has 0 saturated heterocycles. The van der Waals surface area contributed by atoms with E-state index in [4.69, 9.17) is 11.5 Å². The number of anilines is 1. The highest BCUT2D eigenvalue weighted by atomic mass is 16.2. The van der Waals surface area contributed by atoms with Gasteiger partial charge in [0.1, 0.15) is 5.84 Å². The van der Waals surface area contributed by atoms with E-state index in [9.17, 15) is 14.4 Å². The molecule has 1 heterocycles. The molecule has 0 spiro atoms. The van der Waals surface area contributed by atoms with E-state index in [2.05, 4.69) is 27.1 Å².